The molecule has 0 aromatic carbocycles. The van der Waals surface area contributed by atoms with Gasteiger partial charge in [0.05, 0.1) is 7.17 Å². The van der Waals surface area contributed by atoms with E-state index in [-0.39, 0.29) is 98.1 Å². The minimum atomic E-state index is 0. The second-order valence-corrected chi connectivity index (χ2v) is 0.333. The Kier molecular flexibility index (Phi) is 89.7. The van der Waals surface area contributed by atoms with Gasteiger partial charge in [-0.3, -0.25) is 0 Å². The first kappa shape index (κ1) is 22.7. The Morgan fingerprint density at radius 1 is 1.17 bits per heavy atom. The normalized spacial score (nSPS) is 2.17. The van der Waals surface area contributed by atoms with E-state index < -0.39 is 0 Å². The molecule has 0 aromatic rings. The third-order valence-corrected chi connectivity index (χ3v) is 0. The fraction of sp³-hybridized carbons (Fsp3) is 1.00. The van der Waals surface area contributed by atoms with E-state index in [1.807, 2.05) is 0 Å². The summed E-state index contributed by atoms with van der Waals surface area (Å²) >= 11 is 0. The van der Waals surface area contributed by atoms with Gasteiger partial charge in [-0.1, -0.05) is 0 Å². The van der Waals surface area contributed by atoms with E-state index in [0.29, 0.717) is 0 Å². The summed E-state index contributed by atoms with van der Waals surface area (Å²) in [5, 5.41) is 0. The first-order valence-electron chi connectivity index (χ1n) is 0.911. The van der Waals surface area contributed by atoms with Crippen LogP contribution in [0.4, 0.5) is 0 Å². The van der Waals surface area contributed by atoms with Gasteiger partial charge >= 0.3 is 0 Å². The van der Waals surface area contributed by atoms with E-state index in [1.165, 1.54) is 7.17 Å². The third-order valence-electron chi connectivity index (χ3n) is 0. The topological polar surface area (TPSA) is 0 Å². The zero-order valence-electron chi connectivity index (χ0n) is 3.89. The predicted molar refractivity (Wildman–Crippen MR) is 17.4 cm³/mol. The average molecular weight is 303 g/mol. The maximum absolute atomic E-state index is 4.72. The van der Waals surface area contributed by atoms with Crippen LogP contribution in [0.1, 0.15) is 0 Å². The molecule has 0 aliphatic carbocycles. The largest absolute Gasteiger partial charge is 0.101 e. The fourth-order valence-electron chi connectivity index (χ4n) is 0. The fourth-order valence-corrected chi connectivity index (χ4v) is 0. The van der Waals surface area contributed by atoms with Crippen molar-refractivity contribution in [2.75, 3.05) is 0 Å². The van der Waals surface area contributed by atoms with E-state index in [2.05, 4.69) is 0 Å². The molecule has 6 heavy (non-hydrogen) atoms. The Hall–Kier alpha value is 3.44. The van der Waals surface area contributed by atoms with Crippen molar-refractivity contribution in [1.82, 2.24) is 0 Å². The maximum atomic E-state index is 4.72. The van der Waals surface area contributed by atoms with Crippen molar-refractivity contribution in [1.29, 1.82) is 0 Å². The van der Waals surface area contributed by atoms with Crippen LogP contribution in [0.2, 0.25) is 6.82 Å². The maximum Gasteiger partial charge on any atom is 0.0502 e. The average Bonchev–Trinajstić information content (AvgIpc) is 0.918. The molecular formula is CH3B2Y3. The Balaban J connectivity index is -0.00000000667. The minimum Gasteiger partial charge on any atom is -0.101 e. The van der Waals surface area contributed by atoms with E-state index in [9.17, 15) is 0 Å². The summed E-state index contributed by atoms with van der Waals surface area (Å²) in [6, 6.07) is 0. The molecule has 0 atom stereocenters. The van der Waals surface area contributed by atoms with Crippen molar-refractivity contribution >= 4 is 14.9 Å². The zero-order chi connectivity index (χ0) is 2.71. The van der Waals surface area contributed by atoms with Gasteiger partial charge in [-0.2, -0.15) is 0 Å². The summed E-state index contributed by atoms with van der Waals surface area (Å²) in [6.07, 6.45) is 0. The Labute approximate surface area is 117 Å². The molecule has 0 nitrogen and oxygen atoms in total. The number of hydrogen-bond acceptors (Lipinski definition) is 0. The van der Waals surface area contributed by atoms with Crippen LogP contribution in [-0.4, -0.2) is 14.9 Å². The quantitative estimate of drug-likeness (QED) is 0.545. The van der Waals surface area contributed by atoms with Crippen molar-refractivity contribution in [2.24, 2.45) is 0 Å². The number of rotatable bonds is 0. The molecule has 5 heteroatoms. The van der Waals surface area contributed by atoms with Crippen molar-refractivity contribution in [3.8, 4) is 0 Å². The third kappa shape index (κ3) is 26.1. The van der Waals surface area contributed by atoms with Gasteiger partial charge in [0.25, 0.3) is 0 Å². The van der Waals surface area contributed by atoms with Crippen LogP contribution in [0.25, 0.3) is 0 Å². The first-order chi connectivity index (χ1) is 1.41. The van der Waals surface area contributed by atoms with Gasteiger partial charge in [-0.25, -0.2) is 0 Å². The molecule has 22 valence electrons. The van der Waals surface area contributed by atoms with E-state index in [0.717, 1.165) is 0 Å². The van der Waals surface area contributed by atoms with Crippen LogP contribution in [0.15, 0.2) is 0 Å². The summed E-state index contributed by atoms with van der Waals surface area (Å²) in [7, 11) is 6.22. The van der Waals surface area contributed by atoms with E-state index in [4.69, 9.17) is 7.74 Å². The summed E-state index contributed by atoms with van der Waals surface area (Å²) < 4.78 is 0. The van der Waals surface area contributed by atoms with Crippen molar-refractivity contribution in [3.05, 3.63) is 0 Å². The second kappa shape index (κ2) is 23.7. The molecule has 0 aliphatic rings. The molecule has 0 heterocycles. The molecule has 0 unspecified atom stereocenters. The molecule has 0 amide bonds. The molecule has 0 saturated heterocycles. The van der Waals surface area contributed by atoms with Crippen molar-refractivity contribution in [2.45, 2.75) is 6.82 Å². The van der Waals surface area contributed by atoms with Gasteiger partial charge in [0.1, 0.15) is 0 Å². The smallest absolute Gasteiger partial charge is 0.0502 e. The molecule has 0 aromatic heterocycles. The van der Waals surface area contributed by atoms with Crippen LogP contribution in [0.3, 0.4) is 0 Å². The molecule has 6 radical (unpaired) electrons. The van der Waals surface area contributed by atoms with Crippen molar-refractivity contribution < 1.29 is 98.1 Å². The summed E-state index contributed by atoms with van der Waals surface area (Å²) in [5.41, 5.74) is 0. The Morgan fingerprint density at radius 3 is 1.17 bits per heavy atom. The van der Waals surface area contributed by atoms with Gasteiger partial charge in [0.2, 0.25) is 0 Å². The first-order valence-corrected chi connectivity index (χ1v) is 0.911. The van der Waals surface area contributed by atoms with Gasteiger partial charge in [-0.15, -0.1) is 6.82 Å². The zero-order valence-corrected chi connectivity index (χ0v) is 12.4. The monoisotopic (exact) mass is 304 g/mol. The molecule has 0 spiro atoms. The van der Waals surface area contributed by atoms with E-state index >= 15 is 0 Å². The van der Waals surface area contributed by atoms with E-state index in [1.54, 1.807) is 6.82 Å². The van der Waals surface area contributed by atoms with Crippen LogP contribution < -0.4 is 0 Å². The molecular weight excluding hydrogens is 300 g/mol. The number of hydrogen-bond donors (Lipinski definition) is 0. The minimum absolute atomic E-state index is 0. The second-order valence-electron chi connectivity index (χ2n) is 0.333. The van der Waals surface area contributed by atoms with Crippen LogP contribution in [0, 0.1) is 0 Å². The SMILES string of the molecule is [B][B]C.[Y].[Y].[Y]. The van der Waals surface area contributed by atoms with Crippen LogP contribution in [-0.2, 0) is 98.1 Å². The molecule has 0 saturated carbocycles. The van der Waals surface area contributed by atoms with Gasteiger partial charge < -0.3 is 0 Å². The Bertz CT molecular complexity index is 8.75. The standard InChI is InChI=1S/CH3B2.3Y/c1-3-2;;;/h1H3;;;. The molecule has 0 aliphatic heterocycles. The predicted octanol–water partition coefficient (Wildman–Crippen LogP) is -0.185. The van der Waals surface area contributed by atoms with Crippen molar-refractivity contribution in [3.63, 3.8) is 0 Å². The molecule has 0 bridgehead atoms. The molecule has 0 N–H and O–H groups in total. The Morgan fingerprint density at radius 2 is 1.17 bits per heavy atom. The summed E-state index contributed by atoms with van der Waals surface area (Å²) in [5.74, 6) is 0. The van der Waals surface area contributed by atoms with Gasteiger partial charge in [0.15, 0.2) is 0 Å². The van der Waals surface area contributed by atoms with Gasteiger partial charge in [-0.05, 0) is 0 Å². The van der Waals surface area contributed by atoms with Crippen LogP contribution in [0.5, 0.6) is 0 Å². The van der Waals surface area contributed by atoms with Gasteiger partial charge in [0, 0.05) is 106 Å². The summed E-state index contributed by atoms with van der Waals surface area (Å²) in [4.78, 5) is 0. The summed E-state index contributed by atoms with van der Waals surface area (Å²) in [6.45, 7) is 1.78. The molecule has 0 fully saturated rings. The van der Waals surface area contributed by atoms with Crippen LogP contribution >= 0.6 is 0 Å². The molecule has 0 rings (SSSR count).